The lowest BCUT2D eigenvalue weighted by molar-refractivity contribution is 0.487. The van der Waals surface area contributed by atoms with E-state index < -0.39 is 0 Å². The Bertz CT molecular complexity index is 3020. The van der Waals surface area contributed by atoms with E-state index in [1.807, 2.05) is 12.1 Å². The molecular weight excluding hydrogens is 657 g/mol. The standard InChI is InChI=1S/C52H30O2/c1-2-12-31(13-3-1)50-42-22-8-16-32(34-26-28-48-51-38(34)18-10-20-40(51)36-14-4-6-24-46(36)53-48)44(42)30-45-33(17-9-23-43(45)50)35-27-29-49-52-39(35)19-11-21-41(52)37-15-5-7-25-47(37)54-49/h1-30H. The lowest BCUT2D eigenvalue weighted by Gasteiger charge is -2.24. The minimum absolute atomic E-state index is 0.899. The van der Waals surface area contributed by atoms with Crippen molar-refractivity contribution in [3.8, 4) is 78.6 Å². The summed E-state index contributed by atoms with van der Waals surface area (Å²) in [6.07, 6.45) is 0. The molecule has 2 heterocycles. The van der Waals surface area contributed by atoms with Crippen LogP contribution in [-0.4, -0.2) is 0 Å². The summed E-state index contributed by atoms with van der Waals surface area (Å²) in [4.78, 5) is 0. The molecule has 10 aromatic carbocycles. The number of ether oxygens (including phenoxy) is 2. The van der Waals surface area contributed by atoms with Crippen LogP contribution in [0, 0.1) is 0 Å². The van der Waals surface area contributed by atoms with Gasteiger partial charge in [-0.25, -0.2) is 0 Å². The van der Waals surface area contributed by atoms with Crippen molar-refractivity contribution < 1.29 is 9.47 Å². The Hall–Kier alpha value is -7.16. The van der Waals surface area contributed by atoms with Crippen LogP contribution in [0.25, 0.3) is 98.7 Å². The van der Waals surface area contributed by atoms with Gasteiger partial charge < -0.3 is 9.47 Å². The summed E-state index contributed by atoms with van der Waals surface area (Å²) in [6.45, 7) is 0. The van der Waals surface area contributed by atoms with Gasteiger partial charge in [-0.2, -0.15) is 0 Å². The summed E-state index contributed by atoms with van der Waals surface area (Å²) in [5.74, 6) is 3.60. The molecule has 12 rings (SSSR count). The number of hydrogen-bond donors (Lipinski definition) is 0. The Morgan fingerprint density at radius 1 is 0.241 bits per heavy atom. The minimum atomic E-state index is 0.899. The van der Waals surface area contributed by atoms with Crippen LogP contribution in [0.4, 0.5) is 0 Å². The molecule has 0 saturated carbocycles. The number of fused-ring (bicyclic) bond motifs is 6. The highest BCUT2D eigenvalue weighted by Crippen LogP contribution is 2.52. The second-order valence-electron chi connectivity index (χ2n) is 14.3. The minimum Gasteiger partial charge on any atom is -0.456 e. The molecule has 54 heavy (non-hydrogen) atoms. The molecule has 0 fully saturated rings. The average Bonchev–Trinajstić information content (AvgIpc) is 3.23. The second kappa shape index (κ2) is 11.2. The van der Waals surface area contributed by atoms with Gasteiger partial charge in [-0.3, -0.25) is 0 Å². The van der Waals surface area contributed by atoms with Gasteiger partial charge in [-0.1, -0.05) is 152 Å². The molecule has 0 unspecified atom stereocenters. The molecule has 250 valence electrons. The predicted octanol–water partition coefficient (Wildman–Crippen LogP) is 14.8. The highest BCUT2D eigenvalue weighted by atomic mass is 16.5. The predicted molar refractivity (Wildman–Crippen MR) is 224 cm³/mol. The van der Waals surface area contributed by atoms with Crippen LogP contribution in [-0.2, 0) is 0 Å². The summed E-state index contributed by atoms with van der Waals surface area (Å²) < 4.78 is 13.0. The maximum Gasteiger partial charge on any atom is 0.135 e. The van der Waals surface area contributed by atoms with Gasteiger partial charge in [0, 0.05) is 21.9 Å². The van der Waals surface area contributed by atoms with Gasteiger partial charge in [0.05, 0.1) is 0 Å². The van der Waals surface area contributed by atoms with Crippen LogP contribution in [0.1, 0.15) is 0 Å². The van der Waals surface area contributed by atoms with Crippen molar-refractivity contribution in [2.24, 2.45) is 0 Å². The Morgan fingerprint density at radius 2 is 0.648 bits per heavy atom. The van der Waals surface area contributed by atoms with E-state index in [9.17, 15) is 0 Å². The van der Waals surface area contributed by atoms with Crippen LogP contribution in [0.15, 0.2) is 182 Å². The molecule has 0 radical (unpaired) electrons. The number of rotatable bonds is 3. The first-order valence-electron chi connectivity index (χ1n) is 18.5. The van der Waals surface area contributed by atoms with Crippen molar-refractivity contribution in [2.45, 2.75) is 0 Å². The number of benzene rings is 10. The van der Waals surface area contributed by atoms with Gasteiger partial charge in [0.2, 0.25) is 0 Å². The van der Waals surface area contributed by atoms with Crippen molar-refractivity contribution in [3.05, 3.63) is 182 Å². The van der Waals surface area contributed by atoms with Crippen LogP contribution in [0.2, 0.25) is 0 Å². The van der Waals surface area contributed by atoms with Gasteiger partial charge in [0.15, 0.2) is 0 Å². The summed E-state index contributed by atoms with van der Waals surface area (Å²) in [7, 11) is 0. The maximum atomic E-state index is 6.50. The fourth-order valence-electron chi connectivity index (χ4n) is 9.18. The normalized spacial score (nSPS) is 12.4. The molecule has 0 aliphatic carbocycles. The van der Waals surface area contributed by atoms with Gasteiger partial charge in [0.25, 0.3) is 0 Å². The van der Waals surface area contributed by atoms with Crippen LogP contribution in [0.3, 0.4) is 0 Å². The van der Waals surface area contributed by atoms with E-state index in [4.69, 9.17) is 9.47 Å². The number of para-hydroxylation sites is 2. The Kier molecular flexibility index (Phi) is 6.09. The molecule has 2 aliphatic rings. The maximum absolute atomic E-state index is 6.50. The first kappa shape index (κ1) is 29.4. The highest BCUT2D eigenvalue weighted by Gasteiger charge is 2.25. The topological polar surface area (TPSA) is 18.5 Å². The van der Waals surface area contributed by atoms with Crippen molar-refractivity contribution >= 4 is 43.1 Å². The SMILES string of the molecule is c1ccc(-c2c3cccc(-c4ccc5c6c(cccc46)-c4ccccc4O5)c3cc3c(-c4ccc5c6c(cccc46)-c4ccccc4O5)cccc23)cc1. The third kappa shape index (κ3) is 4.11. The van der Waals surface area contributed by atoms with Crippen LogP contribution < -0.4 is 9.47 Å². The van der Waals surface area contributed by atoms with E-state index in [1.54, 1.807) is 0 Å². The van der Waals surface area contributed by atoms with E-state index in [0.29, 0.717) is 0 Å². The molecule has 10 aromatic rings. The van der Waals surface area contributed by atoms with Crippen molar-refractivity contribution in [3.63, 3.8) is 0 Å². The molecule has 0 atom stereocenters. The van der Waals surface area contributed by atoms with E-state index in [-0.39, 0.29) is 0 Å². The van der Waals surface area contributed by atoms with E-state index >= 15 is 0 Å². The zero-order valence-electron chi connectivity index (χ0n) is 29.1. The van der Waals surface area contributed by atoms with E-state index in [2.05, 4.69) is 170 Å². The van der Waals surface area contributed by atoms with Crippen LogP contribution >= 0.6 is 0 Å². The largest absolute Gasteiger partial charge is 0.456 e. The van der Waals surface area contributed by atoms with Crippen molar-refractivity contribution in [2.75, 3.05) is 0 Å². The smallest absolute Gasteiger partial charge is 0.135 e. The highest BCUT2D eigenvalue weighted by molar-refractivity contribution is 6.22. The van der Waals surface area contributed by atoms with Gasteiger partial charge >= 0.3 is 0 Å². The Balaban J connectivity index is 1.17. The Labute approximate surface area is 312 Å². The molecule has 2 heteroatoms. The molecule has 0 aromatic heterocycles. The van der Waals surface area contributed by atoms with E-state index in [0.717, 1.165) is 44.9 Å². The first-order valence-corrected chi connectivity index (χ1v) is 18.5. The zero-order valence-corrected chi connectivity index (χ0v) is 29.1. The summed E-state index contributed by atoms with van der Waals surface area (Å²) in [5.41, 5.74) is 11.9. The molecule has 0 spiro atoms. The van der Waals surface area contributed by atoms with E-state index in [1.165, 1.54) is 76.8 Å². The van der Waals surface area contributed by atoms with Crippen LogP contribution in [0.5, 0.6) is 23.0 Å². The zero-order chi connectivity index (χ0) is 35.3. The summed E-state index contributed by atoms with van der Waals surface area (Å²) in [5, 5.41) is 9.57. The molecule has 0 bridgehead atoms. The fraction of sp³-hybridized carbons (Fsp3) is 0. The molecule has 2 aliphatic heterocycles. The fourth-order valence-corrected chi connectivity index (χ4v) is 9.18. The Morgan fingerprint density at radius 3 is 1.17 bits per heavy atom. The summed E-state index contributed by atoms with van der Waals surface area (Å²) >= 11 is 0. The van der Waals surface area contributed by atoms with Crippen molar-refractivity contribution in [1.82, 2.24) is 0 Å². The van der Waals surface area contributed by atoms with Crippen molar-refractivity contribution in [1.29, 1.82) is 0 Å². The quantitative estimate of drug-likeness (QED) is 0.172. The first-order chi connectivity index (χ1) is 26.8. The lowest BCUT2D eigenvalue weighted by Crippen LogP contribution is -1.98. The molecule has 0 amide bonds. The second-order valence-corrected chi connectivity index (χ2v) is 14.3. The molecule has 2 nitrogen and oxygen atoms in total. The third-order valence-electron chi connectivity index (χ3n) is 11.5. The third-order valence-corrected chi connectivity index (χ3v) is 11.5. The van der Waals surface area contributed by atoms with Gasteiger partial charge in [-0.15, -0.1) is 0 Å². The monoisotopic (exact) mass is 686 g/mol. The summed E-state index contributed by atoms with van der Waals surface area (Å²) in [6, 6.07) is 65.6. The molecule has 0 saturated heterocycles. The van der Waals surface area contributed by atoms with Gasteiger partial charge in [-0.05, 0) is 107 Å². The van der Waals surface area contributed by atoms with Gasteiger partial charge in [0.1, 0.15) is 23.0 Å². The molecule has 0 N–H and O–H groups in total. The average molecular weight is 687 g/mol. The molecular formula is C52H30O2. The lowest BCUT2D eigenvalue weighted by atomic mass is 9.84. The number of hydrogen-bond acceptors (Lipinski definition) is 2.